The van der Waals surface area contributed by atoms with Gasteiger partial charge in [-0.15, -0.1) is 0 Å². The Labute approximate surface area is 76.3 Å². The molecule has 0 heterocycles. The van der Waals surface area contributed by atoms with E-state index in [2.05, 4.69) is 27.7 Å². The summed E-state index contributed by atoms with van der Waals surface area (Å²) in [6.07, 6.45) is 0.290. The minimum atomic E-state index is 0.228. The van der Waals surface area contributed by atoms with Crippen LogP contribution in [-0.4, -0.2) is 25.9 Å². The van der Waals surface area contributed by atoms with E-state index in [9.17, 15) is 0 Å². The van der Waals surface area contributed by atoms with Crippen molar-refractivity contribution in [2.24, 2.45) is 5.41 Å². The number of ether oxygens (including phenoxy) is 2. The van der Waals surface area contributed by atoms with Gasteiger partial charge in [-0.1, -0.05) is 20.8 Å². The second-order valence-electron chi connectivity index (χ2n) is 4.08. The Morgan fingerprint density at radius 2 is 1.75 bits per heavy atom. The molecule has 1 atom stereocenters. The molecular weight excluding hydrogens is 152 g/mol. The molecule has 0 spiro atoms. The molecule has 0 bridgehead atoms. The maximum atomic E-state index is 5.58. The predicted octanol–water partition coefficient (Wildman–Crippen LogP) is 2.47. The second-order valence-corrected chi connectivity index (χ2v) is 4.08. The maximum absolute atomic E-state index is 5.58. The van der Waals surface area contributed by atoms with Crippen molar-refractivity contribution in [1.29, 1.82) is 0 Å². The van der Waals surface area contributed by atoms with Crippen LogP contribution in [0.1, 0.15) is 34.6 Å². The molecule has 2 nitrogen and oxygen atoms in total. The van der Waals surface area contributed by atoms with E-state index in [1.165, 1.54) is 0 Å². The molecular formula is C10H22O2. The second kappa shape index (κ2) is 5.55. The van der Waals surface area contributed by atoms with Gasteiger partial charge in [-0.05, 0) is 19.3 Å². The molecule has 0 N–H and O–H groups in total. The van der Waals surface area contributed by atoms with Gasteiger partial charge in [-0.2, -0.15) is 0 Å². The Balaban J connectivity index is 3.38. The third-order valence-corrected chi connectivity index (χ3v) is 2.02. The summed E-state index contributed by atoms with van der Waals surface area (Å²) in [5.41, 5.74) is 0.228. The molecule has 0 aliphatic carbocycles. The van der Waals surface area contributed by atoms with E-state index in [-0.39, 0.29) is 11.5 Å². The van der Waals surface area contributed by atoms with Gasteiger partial charge >= 0.3 is 0 Å². The first-order valence-corrected chi connectivity index (χ1v) is 4.67. The third kappa shape index (κ3) is 5.56. The van der Waals surface area contributed by atoms with Crippen LogP contribution in [0.15, 0.2) is 0 Å². The van der Waals surface area contributed by atoms with Crippen molar-refractivity contribution in [2.75, 3.05) is 19.8 Å². The molecule has 12 heavy (non-hydrogen) atoms. The Bertz CT molecular complexity index is 105. The molecule has 0 aliphatic rings. The van der Waals surface area contributed by atoms with E-state index < -0.39 is 0 Å². The molecule has 2 heteroatoms. The first-order valence-electron chi connectivity index (χ1n) is 4.67. The van der Waals surface area contributed by atoms with Crippen LogP contribution in [0.25, 0.3) is 0 Å². The Kier molecular flexibility index (Phi) is 5.51. The van der Waals surface area contributed by atoms with Gasteiger partial charge in [0.2, 0.25) is 0 Å². The minimum absolute atomic E-state index is 0.228. The quantitative estimate of drug-likeness (QED) is 0.596. The smallest absolute Gasteiger partial charge is 0.0704 e. The topological polar surface area (TPSA) is 18.5 Å². The van der Waals surface area contributed by atoms with E-state index in [1.54, 1.807) is 0 Å². The van der Waals surface area contributed by atoms with E-state index in [0.717, 1.165) is 6.61 Å². The average Bonchev–Trinajstić information content (AvgIpc) is 1.96. The predicted molar refractivity (Wildman–Crippen MR) is 51.4 cm³/mol. The molecule has 0 amide bonds. The van der Waals surface area contributed by atoms with E-state index in [1.807, 2.05) is 6.92 Å². The normalized spacial score (nSPS) is 14.8. The summed E-state index contributed by atoms with van der Waals surface area (Å²) in [5.74, 6) is 0. The summed E-state index contributed by atoms with van der Waals surface area (Å²) in [5, 5.41) is 0. The highest BCUT2D eigenvalue weighted by Crippen LogP contribution is 2.21. The fourth-order valence-corrected chi connectivity index (χ4v) is 0.678. The fourth-order valence-electron chi connectivity index (χ4n) is 0.678. The van der Waals surface area contributed by atoms with Gasteiger partial charge in [-0.3, -0.25) is 0 Å². The minimum Gasteiger partial charge on any atom is -0.379 e. The molecule has 0 radical (unpaired) electrons. The van der Waals surface area contributed by atoms with Crippen LogP contribution in [-0.2, 0) is 9.47 Å². The molecule has 0 saturated carbocycles. The lowest BCUT2D eigenvalue weighted by atomic mass is 9.90. The number of rotatable bonds is 5. The van der Waals surface area contributed by atoms with Crippen LogP contribution in [0.3, 0.4) is 0 Å². The summed E-state index contributed by atoms with van der Waals surface area (Å²) in [4.78, 5) is 0. The highest BCUT2D eigenvalue weighted by atomic mass is 16.5. The molecule has 1 unspecified atom stereocenters. The lowest BCUT2D eigenvalue weighted by Crippen LogP contribution is -2.27. The van der Waals surface area contributed by atoms with Crippen molar-refractivity contribution in [2.45, 2.75) is 40.7 Å². The van der Waals surface area contributed by atoms with Crippen LogP contribution in [0, 0.1) is 5.41 Å². The summed E-state index contributed by atoms with van der Waals surface area (Å²) in [6, 6.07) is 0. The molecule has 74 valence electrons. The Hall–Kier alpha value is -0.0800. The van der Waals surface area contributed by atoms with Crippen molar-refractivity contribution < 1.29 is 9.47 Å². The Morgan fingerprint density at radius 1 is 1.17 bits per heavy atom. The van der Waals surface area contributed by atoms with Crippen LogP contribution >= 0.6 is 0 Å². The summed E-state index contributed by atoms with van der Waals surface area (Å²) < 4.78 is 10.8. The highest BCUT2D eigenvalue weighted by Gasteiger charge is 2.19. The van der Waals surface area contributed by atoms with Crippen molar-refractivity contribution in [3.8, 4) is 0 Å². The standard InChI is InChI=1S/C10H22O2/c1-6-11-7-8-12-9(2)10(3,4)5/h9H,6-8H2,1-5H3. The molecule has 0 fully saturated rings. The lowest BCUT2D eigenvalue weighted by Gasteiger charge is -2.27. The van der Waals surface area contributed by atoms with Gasteiger partial charge in [0, 0.05) is 6.61 Å². The zero-order valence-electron chi connectivity index (χ0n) is 9.02. The van der Waals surface area contributed by atoms with Crippen LogP contribution < -0.4 is 0 Å². The van der Waals surface area contributed by atoms with E-state index >= 15 is 0 Å². The number of hydrogen-bond donors (Lipinski definition) is 0. The summed E-state index contributed by atoms with van der Waals surface area (Å²) >= 11 is 0. The maximum Gasteiger partial charge on any atom is 0.0704 e. The largest absolute Gasteiger partial charge is 0.379 e. The molecule has 0 aromatic rings. The monoisotopic (exact) mass is 174 g/mol. The van der Waals surface area contributed by atoms with Gasteiger partial charge < -0.3 is 9.47 Å². The molecule has 0 aliphatic heterocycles. The first kappa shape index (κ1) is 11.9. The number of hydrogen-bond acceptors (Lipinski definition) is 2. The summed E-state index contributed by atoms with van der Waals surface area (Å²) in [6.45, 7) is 12.8. The van der Waals surface area contributed by atoms with Gasteiger partial charge in [0.1, 0.15) is 0 Å². The lowest BCUT2D eigenvalue weighted by molar-refractivity contribution is -0.0316. The van der Waals surface area contributed by atoms with E-state index in [4.69, 9.17) is 9.47 Å². The van der Waals surface area contributed by atoms with Crippen LogP contribution in [0.4, 0.5) is 0 Å². The van der Waals surface area contributed by atoms with Crippen molar-refractivity contribution in [3.63, 3.8) is 0 Å². The summed E-state index contributed by atoms with van der Waals surface area (Å²) in [7, 11) is 0. The Morgan fingerprint density at radius 3 is 2.17 bits per heavy atom. The van der Waals surface area contributed by atoms with Crippen molar-refractivity contribution >= 4 is 0 Å². The van der Waals surface area contributed by atoms with Crippen molar-refractivity contribution in [1.82, 2.24) is 0 Å². The highest BCUT2D eigenvalue weighted by molar-refractivity contribution is 4.69. The van der Waals surface area contributed by atoms with E-state index in [0.29, 0.717) is 13.2 Å². The van der Waals surface area contributed by atoms with Crippen LogP contribution in [0.5, 0.6) is 0 Å². The molecule has 0 aromatic heterocycles. The van der Waals surface area contributed by atoms with Crippen LogP contribution in [0.2, 0.25) is 0 Å². The average molecular weight is 174 g/mol. The van der Waals surface area contributed by atoms with Gasteiger partial charge in [-0.25, -0.2) is 0 Å². The SMILES string of the molecule is CCOCCOC(C)C(C)(C)C. The van der Waals surface area contributed by atoms with Crippen molar-refractivity contribution in [3.05, 3.63) is 0 Å². The van der Waals surface area contributed by atoms with Gasteiger partial charge in [0.25, 0.3) is 0 Å². The van der Waals surface area contributed by atoms with Gasteiger partial charge in [0.05, 0.1) is 19.3 Å². The first-order chi connectivity index (χ1) is 5.48. The zero-order valence-corrected chi connectivity index (χ0v) is 9.02. The fraction of sp³-hybridized carbons (Fsp3) is 1.00. The molecule has 0 aromatic carbocycles. The zero-order chi connectivity index (χ0) is 9.61. The third-order valence-electron chi connectivity index (χ3n) is 2.02. The molecule has 0 rings (SSSR count). The molecule has 0 saturated heterocycles. The van der Waals surface area contributed by atoms with Gasteiger partial charge in [0.15, 0.2) is 0 Å².